The number of alkyl halides is 3. The maximum atomic E-state index is 13.3. The third-order valence-corrected chi connectivity index (χ3v) is 6.44. The summed E-state index contributed by atoms with van der Waals surface area (Å²) in [4.78, 5) is 11.9. The molecule has 2 fully saturated rings. The molecule has 1 aliphatic heterocycles. The SMILES string of the molecule is NC(=O)C1(NCC[C@H]2CC[C@H](c3ccc(F)cc3C(F)(F)F)CC2)CCOCC1. The second-order valence-electron chi connectivity index (χ2n) is 8.22. The van der Waals surface area contributed by atoms with E-state index in [2.05, 4.69) is 5.32 Å². The van der Waals surface area contributed by atoms with Crippen molar-refractivity contribution >= 4 is 5.91 Å². The number of benzene rings is 1. The number of halogens is 4. The maximum absolute atomic E-state index is 13.3. The number of nitrogens with one attached hydrogen (secondary N) is 1. The summed E-state index contributed by atoms with van der Waals surface area (Å²) in [5.74, 6) is -1.04. The van der Waals surface area contributed by atoms with E-state index in [0.29, 0.717) is 57.4 Å². The zero-order chi connectivity index (χ0) is 21.1. The van der Waals surface area contributed by atoms with E-state index in [0.717, 1.165) is 25.3 Å². The summed E-state index contributed by atoms with van der Waals surface area (Å²) in [6.45, 7) is 1.64. The fraction of sp³-hybridized carbons (Fsp3) is 0.667. The van der Waals surface area contributed by atoms with Crippen LogP contribution < -0.4 is 11.1 Å². The van der Waals surface area contributed by atoms with Gasteiger partial charge in [0.2, 0.25) is 5.91 Å². The number of carbonyl (C=O) groups is 1. The Bertz CT molecular complexity index is 709. The molecule has 0 unspecified atom stereocenters. The quantitative estimate of drug-likeness (QED) is 0.686. The Morgan fingerprint density at radius 3 is 2.41 bits per heavy atom. The van der Waals surface area contributed by atoms with Crippen LogP contribution in [0.15, 0.2) is 18.2 Å². The van der Waals surface area contributed by atoms with E-state index in [4.69, 9.17) is 10.5 Å². The van der Waals surface area contributed by atoms with Crippen molar-refractivity contribution in [2.45, 2.75) is 62.6 Å². The van der Waals surface area contributed by atoms with Crippen molar-refractivity contribution in [1.82, 2.24) is 5.32 Å². The lowest BCUT2D eigenvalue weighted by Gasteiger charge is -2.36. The van der Waals surface area contributed by atoms with Gasteiger partial charge in [0, 0.05) is 13.2 Å². The fourth-order valence-electron chi connectivity index (χ4n) is 4.64. The molecule has 0 atom stereocenters. The topological polar surface area (TPSA) is 64.4 Å². The molecule has 1 heterocycles. The first-order valence-electron chi connectivity index (χ1n) is 10.2. The lowest BCUT2D eigenvalue weighted by atomic mass is 9.76. The van der Waals surface area contributed by atoms with Gasteiger partial charge in [0.1, 0.15) is 11.4 Å². The minimum absolute atomic E-state index is 0.199. The zero-order valence-corrected chi connectivity index (χ0v) is 16.4. The second-order valence-corrected chi connectivity index (χ2v) is 8.22. The lowest BCUT2D eigenvalue weighted by Crippen LogP contribution is -2.58. The van der Waals surface area contributed by atoms with Gasteiger partial charge in [-0.3, -0.25) is 4.79 Å². The number of hydrogen-bond acceptors (Lipinski definition) is 3. The van der Waals surface area contributed by atoms with Gasteiger partial charge in [-0.1, -0.05) is 6.07 Å². The Morgan fingerprint density at radius 2 is 1.83 bits per heavy atom. The third kappa shape index (κ3) is 5.28. The average Bonchev–Trinajstić information content (AvgIpc) is 2.68. The largest absolute Gasteiger partial charge is 0.416 e. The number of primary amides is 1. The molecule has 29 heavy (non-hydrogen) atoms. The lowest BCUT2D eigenvalue weighted by molar-refractivity contribution is -0.138. The van der Waals surface area contributed by atoms with Gasteiger partial charge >= 0.3 is 6.18 Å². The van der Waals surface area contributed by atoms with Gasteiger partial charge in [0.05, 0.1) is 5.56 Å². The van der Waals surface area contributed by atoms with Gasteiger partial charge in [-0.05, 0) is 81.0 Å². The molecule has 1 saturated heterocycles. The van der Waals surface area contributed by atoms with Crippen LogP contribution in [-0.4, -0.2) is 31.2 Å². The van der Waals surface area contributed by atoms with Crippen molar-refractivity contribution in [3.05, 3.63) is 35.1 Å². The molecule has 1 aromatic carbocycles. The normalized spacial score (nSPS) is 25.0. The third-order valence-electron chi connectivity index (χ3n) is 6.44. The molecule has 1 aromatic rings. The summed E-state index contributed by atoms with van der Waals surface area (Å²) in [7, 11) is 0. The molecule has 8 heteroatoms. The van der Waals surface area contributed by atoms with Gasteiger partial charge in [0.25, 0.3) is 0 Å². The van der Waals surface area contributed by atoms with Crippen LogP contribution in [-0.2, 0) is 15.7 Å². The summed E-state index contributed by atoms with van der Waals surface area (Å²) in [5.41, 5.74) is 4.21. The van der Waals surface area contributed by atoms with E-state index < -0.39 is 23.1 Å². The smallest absolute Gasteiger partial charge is 0.381 e. The Labute approximate surface area is 168 Å². The Kier molecular flexibility index (Phi) is 6.83. The molecule has 1 saturated carbocycles. The standard InChI is InChI=1S/C21H28F4N2O2/c22-16-5-6-17(18(13-16)21(23,24)25)15-3-1-14(2-4-15)7-10-27-20(19(26)28)8-11-29-12-9-20/h5-6,13-15,27H,1-4,7-12H2,(H2,26,28)/t14-,15-. The Morgan fingerprint density at radius 1 is 1.17 bits per heavy atom. The Balaban J connectivity index is 1.53. The van der Waals surface area contributed by atoms with Crippen LogP contribution in [0, 0.1) is 11.7 Å². The molecular weight excluding hydrogens is 388 g/mol. The van der Waals surface area contributed by atoms with Gasteiger partial charge in [-0.15, -0.1) is 0 Å². The summed E-state index contributed by atoms with van der Waals surface area (Å²) in [6.07, 6.45) is 0.326. The predicted molar refractivity (Wildman–Crippen MR) is 101 cm³/mol. The monoisotopic (exact) mass is 416 g/mol. The predicted octanol–water partition coefficient (Wildman–Crippen LogP) is 4.13. The van der Waals surface area contributed by atoms with Crippen molar-refractivity contribution in [2.75, 3.05) is 19.8 Å². The van der Waals surface area contributed by atoms with Crippen LogP contribution in [0.2, 0.25) is 0 Å². The van der Waals surface area contributed by atoms with E-state index in [9.17, 15) is 22.4 Å². The highest BCUT2D eigenvalue weighted by Crippen LogP contribution is 2.42. The molecule has 162 valence electrons. The number of hydrogen-bond donors (Lipinski definition) is 2. The molecule has 1 amide bonds. The van der Waals surface area contributed by atoms with Crippen LogP contribution in [0.3, 0.4) is 0 Å². The molecule has 0 bridgehead atoms. The zero-order valence-electron chi connectivity index (χ0n) is 16.4. The highest BCUT2D eigenvalue weighted by atomic mass is 19.4. The summed E-state index contributed by atoms with van der Waals surface area (Å²) >= 11 is 0. The maximum Gasteiger partial charge on any atom is 0.416 e. The molecule has 3 rings (SSSR count). The average molecular weight is 416 g/mol. The fourth-order valence-corrected chi connectivity index (χ4v) is 4.64. The van der Waals surface area contributed by atoms with Crippen molar-refractivity contribution < 1.29 is 27.1 Å². The Hall–Kier alpha value is -1.67. The molecule has 1 aliphatic carbocycles. The van der Waals surface area contributed by atoms with Gasteiger partial charge in [-0.2, -0.15) is 13.2 Å². The van der Waals surface area contributed by atoms with Crippen LogP contribution in [0.1, 0.15) is 62.0 Å². The highest BCUT2D eigenvalue weighted by Gasteiger charge is 2.39. The number of nitrogens with two attached hydrogens (primary N) is 1. The van der Waals surface area contributed by atoms with Crippen LogP contribution in [0.4, 0.5) is 17.6 Å². The van der Waals surface area contributed by atoms with Gasteiger partial charge in [-0.25, -0.2) is 4.39 Å². The molecule has 2 aliphatic rings. The van der Waals surface area contributed by atoms with E-state index in [1.54, 1.807) is 0 Å². The van der Waals surface area contributed by atoms with Gasteiger partial charge in [0.15, 0.2) is 0 Å². The van der Waals surface area contributed by atoms with Crippen LogP contribution >= 0.6 is 0 Å². The first-order valence-corrected chi connectivity index (χ1v) is 10.2. The first-order chi connectivity index (χ1) is 13.7. The molecule has 0 spiro atoms. The van der Waals surface area contributed by atoms with Crippen molar-refractivity contribution in [1.29, 1.82) is 0 Å². The van der Waals surface area contributed by atoms with E-state index in [1.807, 2.05) is 0 Å². The summed E-state index contributed by atoms with van der Waals surface area (Å²) in [6, 6.07) is 2.99. The minimum atomic E-state index is -4.55. The summed E-state index contributed by atoms with van der Waals surface area (Å²) in [5, 5.41) is 3.32. The van der Waals surface area contributed by atoms with Crippen molar-refractivity contribution in [3.63, 3.8) is 0 Å². The van der Waals surface area contributed by atoms with E-state index >= 15 is 0 Å². The number of amides is 1. The highest BCUT2D eigenvalue weighted by molar-refractivity contribution is 5.84. The summed E-state index contributed by atoms with van der Waals surface area (Å²) < 4.78 is 58.5. The number of rotatable bonds is 6. The molecule has 3 N–H and O–H groups in total. The van der Waals surface area contributed by atoms with Crippen molar-refractivity contribution in [3.8, 4) is 0 Å². The van der Waals surface area contributed by atoms with E-state index in [-0.39, 0.29) is 17.4 Å². The number of carbonyl (C=O) groups excluding carboxylic acids is 1. The van der Waals surface area contributed by atoms with Gasteiger partial charge < -0.3 is 15.8 Å². The van der Waals surface area contributed by atoms with Crippen LogP contribution in [0.25, 0.3) is 0 Å². The minimum Gasteiger partial charge on any atom is -0.381 e. The van der Waals surface area contributed by atoms with Crippen molar-refractivity contribution in [2.24, 2.45) is 11.7 Å². The number of ether oxygens (including phenoxy) is 1. The molecule has 0 aromatic heterocycles. The molecule has 0 radical (unpaired) electrons. The molecular formula is C21H28F4N2O2. The van der Waals surface area contributed by atoms with Crippen LogP contribution in [0.5, 0.6) is 0 Å². The first kappa shape index (κ1) is 22.0. The molecule has 4 nitrogen and oxygen atoms in total. The van der Waals surface area contributed by atoms with E-state index in [1.165, 1.54) is 6.07 Å². The second kappa shape index (κ2) is 9.00.